The Balaban J connectivity index is 1.54. The van der Waals surface area contributed by atoms with Gasteiger partial charge in [0.1, 0.15) is 18.4 Å². The lowest BCUT2D eigenvalue weighted by atomic mass is 10.0. The molecule has 0 fully saturated rings. The van der Waals surface area contributed by atoms with Crippen LogP contribution in [-0.2, 0) is 11.4 Å². The molecule has 2 amide bonds. The maximum Gasteiger partial charge on any atom is 0.262 e. The first kappa shape index (κ1) is 26.5. The Morgan fingerprint density at radius 2 is 1.69 bits per heavy atom. The molecule has 3 aromatic rings. The predicted molar refractivity (Wildman–Crippen MR) is 141 cm³/mol. The number of ether oxygens (including phenoxy) is 1. The topological polar surface area (TPSA) is 79.8 Å². The van der Waals surface area contributed by atoms with Gasteiger partial charge in [0, 0.05) is 26.2 Å². The lowest BCUT2D eigenvalue weighted by molar-refractivity contribution is -0.123. The number of benzene rings is 3. The molecule has 0 heterocycles. The van der Waals surface area contributed by atoms with Crippen LogP contribution >= 0.6 is 34.8 Å². The summed E-state index contributed by atoms with van der Waals surface area (Å²) in [5, 5.41) is 8.30. The second-order valence-electron chi connectivity index (χ2n) is 8.03. The minimum atomic E-state index is -0.769. The van der Waals surface area contributed by atoms with Crippen molar-refractivity contribution in [2.75, 3.05) is 0 Å². The normalized spacial score (nSPS) is 11.9. The first-order valence-corrected chi connectivity index (χ1v) is 11.9. The van der Waals surface area contributed by atoms with Crippen LogP contribution in [0.1, 0.15) is 35.3 Å². The molecule has 0 aliphatic rings. The molecule has 0 radical (unpaired) electrons. The molecule has 182 valence electrons. The average molecular weight is 533 g/mol. The summed E-state index contributed by atoms with van der Waals surface area (Å²) in [7, 11) is 0. The number of amides is 2. The molecule has 3 aromatic carbocycles. The minimum Gasteiger partial charge on any atom is -0.489 e. The first-order chi connectivity index (χ1) is 16.7. The molecule has 1 unspecified atom stereocenters. The second-order valence-corrected chi connectivity index (χ2v) is 9.31. The van der Waals surface area contributed by atoms with Gasteiger partial charge < -0.3 is 10.1 Å². The van der Waals surface area contributed by atoms with Crippen LogP contribution in [0.15, 0.2) is 71.8 Å². The van der Waals surface area contributed by atoms with Gasteiger partial charge >= 0.3 is 0 Å². The molecule has 0 aromatic heterocycles. The fourth-order valence-electron chi connectivity index (χ4n) is 3.08. The van der Waals surface area contributed by atoms with E-state index in [1.165, 1.54) is 6.21 Å². The first-order valence-electron chi connectivity index (χ1n) is 10.8. The number of nitrogens with one attached hydrogen (secondary N) is 2. The zero-order valence-corrected chi connectivity index (χ0v) is 21.4. The Bertz CT molecular complexity index is 1210. The molecule has 0 aliphatic carbocycles. The maximum absolute atomic E-state index is 12.6. The summed E-state index contributed by atoms with van der Waals surface area (Å²) in [6, 6.07) is 18.2. The van der Waals surface area contributed by atoms with Crippen LogP contribution in [0.5, 0.6) is 5.75 Å². The van der Waals surface area contributed by atoms with E-state index in [9.17, 15) is 9.59 Å². The van der Waals surface area contributed by atoms with E-state index in [4.69, 9.17) is 39.5 Å². The Morgan fingerprint density at radius 1 is 0.971 bits per heavy atom. The van der Waals surface area contributed by atoms with E-state index in [0.717, 1.165) is 11.1 Å². The zero-order valence-electron chi connectivity index (χ0n) is 19.1. The van der Waals surface area contributed by atoms with E-state index < -0.39 is 11.9 Å². The summed E-state index contributed by atoms with van der Waals surface area (Å²) in [6.07, 6.45) is 1.51. The van der Waals surface area contributed by atoms with Crippen molar-refractivity contribution in [2.45, 2.75) is 26.5 Å². The highest BCUT2D eigenvalue weighted by atomic mass is 35.5. The summed E-state index contributed by atoms with van der Waals surface area (Å²) in [5.74, 6) is -0.313. The van der Waals surface area contributed by atoms with Crippen molar-refractivity contribution in [3.63, 3.8) is 0 Å². The Kier molecular flexibility index (Phi) is 9.55. The van der Waals surface area contributed by atoms with Crippen LogP contribution in [0.2, 0.25) is 15.1 Å². The molecule has 2 N–H and O–H groups in total. The summed E-state index contributed by atoms with van der Waals surface area (Å²) in [6.45, 7) is 3.97. The van der Waals surface area contributed by atoms with Gasteiger partial charge in [-0.2, -0.15) is 5.10 Å². The highest BCUT2D eigenvalue weighted by Gasteiger charge is 2.24. The number of hydrazone groups is 1. The molecule has 9 heteroatoms. The number of carbonyl (C=O) groups excluding carboxylic acids is 2. The molecule has 0 saturated carbocycles. The third-order valence-electron chi connectivity index (χ3n) is 5.00. The number of hydrogen-bond donors (Lipinski definition) is 2. The van der Waals surface area contributed by atoms with E-state index in [1.54, 1.807) is 60.7 Å². The number of rotatable bonds is 9. The van der Waals surface area contributed by atoms with Gasteiger partial charge in [-0.1, -0.05) is 60.8 Å². The molecule has 3 rings (SSSR count). The van der Waals surface area contributed by atoms with Gasteiger partial charge in [0.25, 0.3) is 11.8 Å². The van der Waals surface area contributed by atoms with Gasteiger partial charge in [-0.3, -0.25) is 9.59 Å². The lowest BCUT2D eigenvalue weighted by Gasteiger charge is -2.20. The SMILES string of the molecule is CC(C)C(NC(=O)c1cccc(Cl)c1)C(=O)N/N=C/c1ccc(OCc2ccc(Cl)cc2Cl)cc1. The van der Waals surface area contributed by atoms with Crippen LogP contribution < -0.4 is 15.5 Å². The average Bonchev–Trinajstić information content (AvgIpc) is 2.82. The molecule has 0 bridgehead atoms. The van der Waals surface area contributed by atoms with Crippen molar-refractivity contribution in [2.24, 2.45) is 11.0 Å². The fraction of sp³-hybridized carbons (Fsp3) is 0.192. The van der Waals surface area contributed by atoms with E-state index in [-0.39, 0.29) is 11.8 Å². The Hall–Kier alpha value is -3.06. The molecule has 35 heavy (non-hydrogen) atoms. The number of nitrogens with zero attached hydrogens (tertiary/aromatic N) is 1. The lowest BCUT2D eigenvalue weighted by Crippen LogP contribution is -2.48. The standard InChI is InChI=1S/C26H24Cl3N3O3/c1-16(2)24(31-25(33)18-4-3-5-20(27)12-18)26(34)32-30-14-17-6-10-22(11-7-17)35-15-19-8-9-21(28)13-23(19)29/h3-14,16,24H,15H2,1-2H3,(H,31,33)(H,32,34)/b30-14+. The summed E-state index contributed by atoms with van der Waals surface area (Å²) in [4.78, 5) is 25.1. The van der Waals surface area contributed by atoms with Crippen LogP contribution in [0.3, 0.4) is 0 Å². The third-order valence-corrected chi connectivity index (χ3v) is 5.82. The van der Waals surface area contributed by atoms with Gasteiger partial charge in [0.15, 0.2) is 0 Å². The number of hydrogen-bond acceptors (Lipinski definition) is 4. The molecular formula is C26H24Cl3N3O3. The minimum absolute atomic E-state index is 0.154. The van der Waals surface area contributed by atoms with Crippen LogP contribution in [0.4, 0.5) is 0 Å². The maximum atomic E-state index is 12.6. The van der Waals surface area contributed by atoms with E-state index in [2.05, 4.69) is 15.8 Å². The highest BCUT2D eigenvalue weighted by Crippen LogP contribution is 2.23. The van der Waals surface area contributed by atoms with Crippen LogP contribution in [-0.4, -0.2) is 24.1 Å². The van der Waals surface area contributed by atoms with Crippen molar-refractivity contribution >= 4 is 52.8 Å². The van der Waals surface area contributed by atoms with Gasteiger partial charge in [0.2, 0.25) is 0 Å². The van der Waals surface area contributed by atoms with Crippen molar-refractivity contribution in [1.82, 2.24) is 10.7 Å². The van der Waals surface area contributed by atoms with Gasteiger partial charge in [-0.25, -0.2) is 5.43 Å². The molecule has 0 saturated heterocycles. The van der Waals surface area contributed by atoms with Crippen LogP contribution in [0.25, 0.3) is 0 Å². The van der Waals surface area contributed by atoms with Crippen molar-refractivity contribution in [3.8, 4) is 5.75 Å². The van der Waals surface area contributed by atoms with Crippen LogP contribution in [0, 0.1) is 5.92 Å². The van der Waals surface area contributed by atoms with Gasteiger partial charge in [-0.15, -0.1) is 0 Å². The molecule has 1 atom stereocenters. The molecule has 0 spiro atoms. The zero-order chi connectivity index (χ0) is 25.4. The highest BCUT2D eigenvalue weighted by molar-refractivity contribution is 6.35. The predicted octanol–water partition coefficient (Wildman–Crippen LogP) is 6.13. The van der Waals surface area contributed by atoms with Gasteiger partial charge in [-0.05, 0) is 66.1 Å². The molecular weight excluding hydrogens is 509 g/mol. The summed E-state index contributed by atoms with van der Waals surface area (Å²) >= 11 is 18.0. The van der Waals surface area contributed by atoms with Gasteiger partial charge in [0.05, 0.1) is 6.21 Å². The monoisotopic (exact) mass is 531 g/mol. The third kappa shape index (κ3) is 7.99. The summed E-state index contributed by atoms with van der Waals surface area (Å²) < 4.78 is 5.76. The molecule has 0 aliphatic heterocycles. The second kappa shape index (κ2) is 12.6. The number of halogens is 3. The van der Waals surface area contributed by atoms with E-state index >= 15 is 0 Å². The number of carbonyl (C=O) groups is 2. The van der Waals surface area contributed by atoms with E-state index in [1.807, 2.05) is 19.9 Å². The van der Waals surface area contributed by atoms with E-state index in [0.29, 0.717) is 33.0 Å². The van der Waals surface area contributed by atoms with Crippen molar-refractivity contribution < 1.29 is 14.3 Å². The summed E-state index contributed by atoms with van der Waals surface area (Å²) in [5.41, 5.74) is 4.44. The fourth-order valence-corrected chi connectivity index (χ4v) is 3.73. The smallest absolute Gasteiger partial charge is 0.262 e. The molecule has 6 nitrogen and oxygen atoms in total. The van der Waals surface area contributed by atoms with Crippen molar-refractivity contribution in [3.05, 3.63) is 98.5 Å². The quantitative estimate of drug-likeness (QED) is 0.257. The van der Waals surface area contributed by atoms with Crippen molar-refractivity contribution in [1.29, 1.82) is 0 Å². The Labute approximate surface area is 219 Å². The largest absolute Gasteiger partial charge is 0.489 e. The Morgan fingerprint density at radius 3 is 2.34 bits per heavy atom.